The normalized spacial score (nSPS) is 10.8. The molecule has 0 spiro atoms. The third kappa shape index (κ3) is 3.08. The van der Waals surface area contributed by atoms with Gasteiger partial charge in [-0.05, 0) is 34.4 Å². The van der Waals surface area contributed by atoms with Crippen LogP contribution in [0.5, 0.6) is 11.5 Å². The minimum absolute atomic E-state index is 0.241. The van der Waals surface area contributed by atoms with Crippen molar-refractivity contribution in [2.45, 2.75) is 26.7 Å². The highest BCUT2D eigenvalue weighted by atomic mass is 16.6. The topological polar surface area (TPSA) is 52.6 Å². The molecule has 24 heavy (non-hydrogen) atoms. The third-order valence-corrected chi connectivity index (χ3v) is 3.82. The van der Waals surface area contributed by atoms with Crippen LogP contribution >= 0.6 is 0 Å². The number of hydrogen-bond acceptors (Lipinski definition) is 4. The van der Waals surface area contributed by atoms with Crippen molar-refractivity contribution in [2.24, 2.45) is 0 Å². The van der Waals surface area contributed by atoms with E-state index < -0.39 is 0 Å². The molecule has 0 aromatic heterocycles. The van der Waals surface area contributed by atoms with Crippen molar-refractivity contribution in [3.63, 3.8) is 0 Å². The lowest BCUT2D eigenvalue weighted by Crippen LogP contribution is -2.10. The maximum absolute atomic E-state index is 11.8. The standard InChI is InChI=1S/C20H18O4/c1-3-18(21)23-17-10-9-15-11-13-7-5-6-8-14(13)12-16(15)20(17)24-19(22)4-2/h5-12H,3-4H2,1-2H3. The molecule has 0 heterocycles. The summed E-state index contributed by atoms with van der Waals surface area (Å²) >= 11 is 0. The van der Waals surface area contributed by atoms with Crippen LogP contribution in [0.2, 0.25) is 0 Å². The maximum atomic E-state index is 11.8. The van der Waals surface area contributed by atoms with Crippen molar-refractivity contribution < 1.29 is 19.1 Å². The predicted octanol–water partition coefficient (Wildman–Crippen LogP) is 4.62. The fourth-order valence-electron chi connectivity index (χ4n) is 2.53. The summed E-state index contributed by atoms with van der Waals surface area (Å²) in [6.45, 7) is 3.44. The van der Waals surface area contributed by atoms with Gasteiger partial charge in [-0.15, -0.1) is 0 Å². The molecule has 0 fully saturated rings. The Bertz CT molecular complexity index is 927. The van der Waals surface area contributed by atoms with Gasteiger partial charge in [-0.3, -0.25) is 9.59 Å². The second-order valence-corrected chi connectivity index (χ2v) is 5.47. The van der Waals surface area contributed by atoms with Crippen LogP contribution in [0.25, 0.3) is 21.5 Å². The van der Waals surface area contributed by atoms with Crippen LogP contribution in [0.1, 0.15) is 26.7 Å². The largest absolute Gasteiger partial charge is 0.422 e. The summed E-state index contributed by atoms with van der Waals surface area (Å²) in [5, 5.41) is 3.79. The second-order valence-electron chi connectivity index (χ2n) is 5.47. The number of carbonyl (C=O) groups excluding carboxylic acids is 2. The van der Waals surface area contributed by atoms with E-state index in [0.29, 0.717) is 5.75 Å². The van der Waals surface area contributed by atoms with Gasteiger partial charge in [0.1, 0.15) is 0 Å². The van der Waals surface area contributed by atoms with Gasteiger partial charge < -0.3 is 9.47 Å². The van der Waals surface area contributed by atoms with Crippen molar-refractivity contribution in [1.29, 1.82) is 0 Å². The molecule has 0 amide bonds. The van der Waals surface area contributed by atoms with E-state index >= 15 is 0 Å². The van der Waals surface area contributed by atoms with Gasteiger partial charge in [-0.2, -0.15) is 0 Å². The monoisotopic (exact) mass is 322 g/mol. The van der Waals surface area contributed by atoms with E-state index in [-0.39, 0.29) is 30.5 Å². The summed E-state index contributed by atoms with van der Waals surface area (Å²) in [4.78, 5) is 23.5. The smallest absolute Gasteiger partial charge is 0.311 e. The Morgan fingerprint density at radius 2 is 1.42 bits per heavy atom. The zero-order valence-corrected chi connectivity index (χ0v) is 13.7. The first-order valence-electron chi connectivity index (χ1n) is 7.99. The van der Waals surface area contributed by atoms with Gasteiger partial charge in [0.2, 0.25) is 0 Å². The molecule has 4 nitrogen and oxygen atoms in total. The van der Waals surface area contributed by atoms with E-state index in [1.54, 1.807) is 19.9 Å². The number of fused-ring (bicyclic) bond motifs is 2. The molecule has 0 N–H and O–H groups in total. The third-order valence-electron chi connectivity index (χ3n) is 3.82. The van der Waals surface area contributed by atoms with Gasteiger partial charge in [-0.25, -0.2) is 0 Å². The Morgan fingerprint density at radius 1 is 0.792 bits per heavy atom. The summed E-state index contributed by atoms with van der Waals surface area (Å²) in [6, 6.07) is 15.5. The summed E-state index contributed by atoms with van der Waals surface area (Å²) < 4.78 is 10.8. The zero-order chi connectivity index (χ0) is 17.1. The van der Waals surface area contributed by atoms with Crippen LogP contribution in [-0.4, -0.2) is 11.9 Å². The van der Waals surface area contributed by atoms with Crippen LogP contribution in [0, 0.1) is 0 Å². The summed E-state index contributed by atoms with van der Waals surface area (Å²) in [5.74, 6) is -0.174. The van der Waals surface area contributed by atoms with Gasteiger partial charge >= 0.3 is 11.9 Å². The Kier molecular flexibility index (Phi) is 4.47. The second kappa shape index (κ2) is 6.71. The average Bonchev–Trinajstić information content (AvgIpc) is 2.61. The predicted molar refractivity (Wildman–Crippen MR) is 93.3 cm³/mol. The quantitative estimate of drug-likeness (QED) is 0.399. The minimum atomic E-state index is -0.371. The molecule has 122 valence electrons. The zero-order valence-electron chi connectivity index (χ0n) is 13.7. The first kappa shape index (κ1) is 16.0. The molecule has 4 heteroatoms. The summed E-state index contributed by atoms with van der Waals surface area (Å²) in [7, 11) is 0. The van der Waals surface area contributed by atoms with Crippen molar-refractivity contribution >= 4 is 33.5 Å². The highest BCUT2D eigenvalue weighted by Crippen LogP contribution is 2.38. The van der Waals surface area contributed by atoms with E-state index in [1.165, 1.54) is 0 Å². The van der Waals surface area contributed by atoms with E-state index in [9.17, 15) is 9.59 Å². The molecule has 0 saturated heterocycles. The SMILES string of the molecule is CCC(=O)Oc1ccc2cc3ccccc3cc2c1OC(=O)CC. The Balaban J connectivity index is 2.23. The summed E-state index contributed by atoms with van der Waals surface area (Å²) in [6.07, 6.45) is 0.488. The molecule has 0 radical (unpaired) electrons. The Labute approximate surface area is 140 Å². The van der Waals surface area contributed by atoms with Gasteiger partial charge in [0.15, 0.2) is 11.5 Å². The lowest BCUT2D eigenvalue weighted by molar-refractivity contribution is -0.136. The number of carbonyl (C=O) groups is 2. The van der Waals surface area contributed by atoms with Crippen LogP contribution in [0.4, 0.5) is 0 Å². The molecule has 3 aromatic carbocycles. The van der Waals surface area contributed by atoms with Crippen molar-refractivity contribution in [1.82, 2.24) is 0 Å². The molecular weight excluding hydrogens is 304 g/mol. The van der Waals surface area contributed by atoms with Crippen LogP contribution in [0.15, 0.2) is 48.5 Å². The average molecular weight is 322 g/mol. The van der Waals surface area contributed by atoms with Crippen molar-refractivity contribution in [3.05, 3.63) is 48.5 Å². The lowest BCUT2D eigenvalue weighted by atomic mass is 10.0. The van der Waals surface area contributed by atoms with Crippen LogP contribution in [0.3, 0.4) is 0 Å². The number of esters is 2. The number of hydrogen-bond donors (Lipinski definition) is 0. The number of rotatable bonds is 4. The molecule has 0 bridgehead atoms. The van der Waals surface area contributed by atoms with E-state index in [2.05, 4.69) is 0 Å². The highest BCUT2D eigenvalue weighted by molar-refractivity contribution is 6.03. The number of benzene rings is 3. The molecule has 0 saturated carbocycles. The molecule has 0 aliphatic carbocycles. The van der Waals surface area contributed by atoms with E-state index in [0.717, 1.165) is 21.5 Å². The van der Waals surface area contributed by atoms with Gasteiger partial charge in [0.25, 0.3) is 0 Å². The van der Waals surface area contributed by atoms with E-state index in [1.807, 2.05) is 42.5 Å². The highest BCUT2D eigenvalue weighted by Gasteiger charge is 2.16. The van der Waals surface area contributed by atoms with Crippen LogP contribution < -0.4 is 9.47 Å². The molecule has 3 rings (SSSR count). The fourth-order valence-corrected chi connectivity index (χ4v) is 2.53. The van der Waals surface area contributed by atoms with Crippen molar-refractivity contribution in [2.75, 3.05) is 0 Å². The fraction of sp³-hybridized carbons (Fsp3) is 0.200. The van der Waals surface area contributed by atoms with Gasteiger partial charge in [0.05, 0.1) is 0 Å². The minimum Gasteiger partial charge on any atom is -0.422 e. The lowest BCUT2D eigenvalue weighted by Gasteiger charge is -2.13. The molecular formula is C20H18O4. The van der Waals surface area contributed by atoms with Gasteiger partial charge in [0, 0.05) is 18.2 Å². The molecule has 0 unspecified atom stereocenters. The Morgan fingerprint density at radius 3 is 2.08 bits per heavy atom. The first-order chi connectivity index (χ1) is 11.6. The molecule has 0 aliphatic rings. The first-order valence-corrected chi connectivity index (χ1v) is 7.99. The molecule has 0 aliphatic heterocycles. The Hall–Kier alpha value is -2.88. The summed E-state index contributed by atoms with van der Waals surface area (Å²) in [5.41, 5.74) is 0. The maximum Gasteiger partial charge on any atom is 0.311 e. The van der Waals surface area contributed by atoms with Crippen LogP contribution in [-0.2, 0) is 9.59 Å². The number of ether oxygens (including phenoxy) is 2. The molecule has 3 aromatic rings. The van der Waals surface area contributed by atoms with E-state index in [4.69, 9.17) is 9.47 Å². The van der Waals surface area contributed by atoms with Gasteiger partial charge in [-0.1, -0.05) is 44.2 Å². The van der Waals surface area contributed by atoms with Crippen molar-refractivity contribution in [3.8, 4) is 11.5 Å². The molecule has 0 atom stereocenters.